The first-order chi connectivity index (χ1) is 17.1. The number of hydrogen-bond acceptors (Lipinski definition) is 3. The van der Waals surface area contributed by atoms with Crippen molar-refractivity contribution in [1.29, 1.82) is 0 Å². The molecule has 0 heterocycles. The molecule has 0 aliphatic rings. The van der Waals surface area contributed by atoms with Crippen LogP contribution in [-0.4, -0.2) is 17.2 Å². The van der Waals surface area contributed by atoms with Crippen molar-refractivity contribution < 1.29 is 10.0 Å². The molecule has 0 saturated heterocycles. The highest BCUT2D eigenvalue weighted by Crippen LogP contribution is 2.33. The van der Waals surface area contributed by atoms with E-state index in [4.69, 9.17) is 0 Å². The van der Waals surface area contributed by atoms with Gasteiger partial charge in [-0.3, -0.25) is 0 Å². The number of nitrogens with zero attached hydrogens (tertiary/aromatic N) is 1. The van der Waals surface area contributed by atoms with Crippen LogP contribution in [0.4, 0.5) is 11.4 Å². The third-order valence-electron chi connectivity index (χ3n) is 5.95. The van der Waals surface area contributed by atoms with Crippen LogP contribution >= 0.6 is 0 Å². The predicted molar refractivity (Wildman–Crippen MR) is 149 cm³/mol. The van der Waals surface area contributed by atoms with Crippen LogP contribution in [0, 0.1) is 0 Å². The number of benzene rings is 4. The van der Waals surface area contributed by atoms with E-state index in [9.17, 15) is 10.0 Å². The molecule has 0 fully saturated rings. The van der Waals surface area contributed by atoms with E-state index in [2.05, 4.69) is 103 Å². The molecular weight excluding hydrogens is 429 g/mol. The Morgan fingerprint density at radius 3 is 1.63 bits per heavy atom. The Bertz CT molecular complexity index is 1260. The van der Waals surface area contributed by atoms with Crippen molar-refractivity contribution in [2.24, 2.45) is 0 Å². The molecule has 0 radical (unpaired) electrons. The summed E-state index contributed by atoms with van der Waals surface area (Å²) in [4.78, 5) is 2.16. The van der Waals surface area contributed by atoms with E-state index >= 15 is 0 Å². The molecule has 4 aromatic carbocycles. The SMILES string of the molecule is C=C(/C=C\CCC)N(c1ccc(-c2ccccc2)cc1)c1ccc(-c2ccc(B(O)O)cc2)cc1. The molecule has 3 nitrogen and oxygen atoms in total. The van der Waals surface area contributed by atoms with Gasteiger partial charge >= 0.3 is 7.12 Å². The van der Waals surface area contributed by atoms with Crippen LogP contribution in [0.25, 0.3) is 22.3 Å². The van der Waals surface area contributed by atoms with E-state index in [1.807, 2.05) is 18.2 Å². The van der Waals surface area contributed by atoms with E-state index < -0.39 is 7.12 Å². The molecule has 0 aliphatic carbocycles. The quantitative estimate of drug-likeness (QED) is 0.216. The molecule has 174 valence electrons. The smallest absolute Gasteiger partial charge is 0.423 e. The minimum atomic E-state index is -1.46. The standard InChI is InChI=1S/C31H30BNO2/c1-3-4-6-9-24(2)33(30-20-14-27(15-21-30)25-10-7-5-8-11-25)31-22-16-28(17-23-31)26-12-18-29(19-13-26)32(34)35/h5-23,34-35H,2-4H2,1H3/b9-6-. The Balaban J connectivity index is 1.64. The zero-order valence-electron chi connectivity index (χ0n) is 20.0. The van der Waals surface area contributed by atoms with Gasteiger partial charge in [0.1, 0.15) is 0 Å². The van der Waals surface area contributed by atoms with Crippen molar-refractivity contribution in [2.75, 3.05) is 4.90 Å². The second-order valence-electron chi connectivity index (χ2n) is 8.47. The van der Waals surface area contributed by atoms with Crippen LogP contribution in [0.2, 0.25) is 0 Å². The van der Waals surface area contributed by atoms with E-state index in [1.54, 1.807) is 12.1 Å². The van der Waals surface area contributed by atoms with Crippen LogP contribution in [-0.2, 0) is 0 Å². The maximum absolute atomic E-state index is 9.34. The molecule has 35 heavy (non-hydrogen) atoms. The van der Waals surface area contributed by atoms with Crippen molar-refractivity contribution in [3.63, 3.8) is 0 Å². The van der Waals surface area contributed by atoms with E-state index in [-0.39, 0.29) is 0 Å². The average Bonchev–Trinajstić information content (AvgIpc) is 2.90. The highest BCUT2D eigenvalue weighted by molar-refractivity contribution is 6.58. The maximum Gasteiger partial charge on any atom is 0.488 e. The number of unbranched alkanes of at least 4 members (excludes halogenated alkanes) is 1. The van der Waals surface area contributed by atoms with Gasteiger partial charge in [0.15, 0.2) is 0 Å². The van der Waals surface area contributed by atoms with Gasteiger partial charge in [-0.05, 0) is 64.5 Å². The maximum atomic E-state index is 9.34. The Kier molecular flexibility index (Phi) is 7.99. The summed E-state index contributed by atoms with van der Waals surface area (Å²) in [5.74, 6) is 0. The van der Waals surface area contributed by atoms with E-state index in [0.717, 1.165) is 41.0 Å². The largest absolute Gasteiger partial charge is 0.488 e. The minimum Gasteiger partial charge on any atom is -0.423 e. The first-order valence-electron chi connectivity index (χ1n) is 11.9. The van der Waals surface area contributed by atoms with Crippen molar-refractivity contribution in [3.05, 3.63) is 128 Å². The highest BCUT2D eigenvalue weighted by atomic mass is 16.4. The van der Waals surface area contributed by atoms with Crippen molar-refractivity contribution in [3.8, 4) is 22.3 Å². The summed E-state index contributed by atoms with van der Waals surface area (Å²) in [5, 5.41) is 18.7. The fraction of sp³-hybridized carbons (Fsp3) is 0.0968. The zero-order valence-corrected chi connectivity index (χ0v) is 20.0. The van der Waals surface area contributed by atoms with Crippen molar-refractivity contribution in [1.82, 2.24) is 0 Å². The lowest BCUT2D eigenvalue weighted by atomic mass is 9.80. The molecule has 4 heteroatoms. The zero-order chi connectivity index (χ0) is 24.6. The molecule has 2 N–H and O–H groups in total. The molecule has 0 spiro atoms. The van der Waals surface area contributed by atoms with Crippen LogP contribution in [0.15, 0.2) is 128 Å². The van der Waals surface area contributed by atoms with Gasteiger partial charge in [0.05, 0.1) is 0 Å². The fourth-order valence-electron chi connectivity index (χ4n) is 4.03. The molecular formula is C31H30BNO2. The summed E-state index contributed by atoms with van der Waals surface area (Å²) in [6.45, 7) is 6.53. The topological polar surface area (TPSA) is 43.7 Å². The second kappa shape index (κ2) is 11.5. The molecule has 4 rings (SSSR count). The second-order valence-corrected chi connectivity index (χ2v) is 8.47. The lowest BCUT2D eigenvalue weighted by Crippen LogP contribution is -2.29. The first-order valence-corrected chi connectivity index (χ1v) is 11.9. The third-order valence-corrected chi connectivity index (χ3v) is 5.95. The Morgan fingerprint density at radius 2 is 1.17 bits per heavy atom. The summed E-state index contributed by atoms with van der Waals surface area (Å²) < 4.78 is 0. The normalized spacial score (nSPS) is 10.9. The van der Waals surface area contributed by atoms with Gasteiger partial charge in [-0.1, -0.05) is 105 Å². The minimum absolute atomic E-state index is 0.477. The van der Waals surface area contributed by atoms with Gasteiger partial charge in [-0.15, -0.1) is 0 Å². The molecule has 0 unspecified atom stereocenters. The molecule has 0 saturated carbocycles. The highest BCUT2D eigenvalue weighted by Gasteiger charge is 2.13. The van der Waals surface area contributed by atoms with Gasteiger partial charge in [-0.25, -0.2) is 0 Å². The summed E-state index contributed by atoms with van der Waals surface area (Å²) in [7, 11) is -1.46. The average molecular weight is 459 g/mol. The lowest BCUT2D eigenvalue weighted by molar-refractivity contribution is 0.426. The number of allylic oxidation sites excluding steroid dienone is 2. The number of hydrogen-bond donors (Lipinski definition) is 2. The molecule has 0 bridgehead atoms. The van der Waals surface area contributed by atoms with Crippen molar-refractivity contribution >= 4 is 24.0 Å². The van der Waals surface area contributed by atoms with Crippen LogP contribution in [0.3, 0.4) is 0 Å². The van der Waals surface area contributed by atoms with Gasteiger partial charge in [0.25, 0.3) is 0 Å². The monoisotopic (exact) mass is 459 g/mol. The fourth-order valence-corrected chi connectivity index (χ4v) is 4.03. The van der Waals surface area contributed by atoms with Crippen LogP contribution in [0.1, 0.15) is 19.8 Å². The summed E-state index contributed by atoms with van der Waals surface area (Å²) in [5.41, 5.74) is 7.88. The Hall–Kier alpha value is -3.86. The van der Waals surface area contributed by atoms with Gasteiger partial charge in [0.2, 0.25) is 0 Å². The van der Waals surface area contributed by atoms with Gasteiger partial charge in [-0.2, -0.15) is 0 Å². The molecule has 0 amide bonds. The molecule has 0 aromatic heterocycles. The molecule has 0 atom stereocenters. The Morgan fingerprint density at radius 1 is 0.714 bits per heavy atom. The summed E-state index contributed by atoms with van der Waals surface area (Å²) >= 11 is 0. The van der Waals surface area contributed by atoms with Crippen LogP contribution in [0.5, 0.6) is 0 Å². The predicted octanol–water partition coefficient (Wildman–Crippen LogP) is 6.71. The lowest BCUT2D eigenvalue weighted by Gasteiger charge is -2.26. The summed E-state index contributed by atoms with van der Waals surface area (Å²) in [6.07, 6.45) is 6.36. The number of rotatable bonds is 9. The van der Waals surface area contributed by atoms with E-state index in [0.29, 0.717) is 5.46 Å². The third kappa shape index (κ3) is 5.99. The molecule has 0 aliphatic heterocycles. The first kappa shape index (κ1) is 24.3. The van der Waals surface area contributed by atoms with Gasteiger partial charge in [0, 0.05) is 17.1 Å². The van der Waals surface area contributed by atoms with Gasteiger partial charge < -0.3 is 14.9 Å². The summed E-state index contributed by atoms with van der Waals surface area (Å²) in [6, 6.07) is 34.5. The van der Waals surface area contributed by atoms with E-state index in [1.165, 1.54) is 11.1 Å². The van der Waals surface area contributed by atoms with Crippen molar-refractivity contribution in [2.45, 2.75) is 19.8 Å². The molecule has 4 aromatic rings. The number of anilines is 2. The Labute approximate surface area is 208 Å². The van der Waals surface area contributed by atoms with Crippen LogP contribution < -0.4 is 10.4 Å².